The van der Waals surface area contributed by atoms with Gasteiger partial charge in [-0.3, -0.25) is 4.79 Å². The van der Waals surface area contributed by atoms with E-state index in [9.17, 15) is 15.0 Å². The zero-order valence-corrected chi connectivity index (χ0v) is 18.8. The van der Waals surface area contributed by atoms with Crippen LogP contribution in [0, 0.1) is 20.8 Å². The highest BCUT2D eigenvalue weighted by Crippen LogP contribution is 2.40. The highest BCUT2D eigenvalue weighted by atomic mass is 16.5. The zero-order valence-electron chi connectivity index (χ0n) is 18.8. The largest absolute Gasteiger partial charge is 0.366 e. The molecule has 2 aromatic carbocycles. The molecule has 0 aliphatic rings. The Morgan fingerprint density at radius 3 is 1.90 bits per heavy atom. The van der Waals surface area contributed by atoms with Crippen LogP contribution in [0.2, 0.25) is 0 Å². The number of aryl methyl sites for hydroxylation is 3. The van der Waals surface area contributed by atoms with Crippen molar-refractivity contribution < 1.29 is 15.0 Å². The van der Waals surface area contributed by atoms with Crippen LogP contribution in [0.5, 0.6) is 0 Å². The van der Waals surface area contributed by atoms with E-state index < -0.39 is 12.3 Å². The summed E-state index contributed by atoms with van der Waals surface area (Å²) in [5, 5.41) is 18.8. The van der Waals surface area contributed by atoms with Crippen LogP contribution in [0.4, 0.5) is 0 Å². The van der Waals surface area contributed by atoms with E-state index in [1.165, 1.54) is 27.2 Å². The third-order valence-corrected chi connectivity index (χ3v) is 6.64. The first-order valence-corrected chi connectivity index (χ1v) is 10.4. The number of amides is 1. The van der Waals surface area contributed by atoms with Gasteiger partial charge in [0.1, 0.15) is 0 Å². The van der Waals surface area contributed by atoms with Gasteiger partial charge in [0.05, 0.1) is 6.04 Å². The standard InChI is InChI=1S/C25H35NO3/c1-8-25(9-2,20-11-10-16(3)17(4)14-20)21-12-13-22(18(5)15-21)23(27)26(7)19(6)24(28)29/h10-15,19,24,28-29H,8-9H2,1-7H3. The SMILES string of the molecule is CCC(CC)(c1ccc(C)c(C)c1)c1ccc(C(=O)N(C)C(C)C(O)O)c(C)c1. The van der Waals surface area contributed by atoms with E-state index in [1.807, 2.05) is 13.0 Å². The number of aliphatic hydroxyl groups is 2. The van der Waals surface area contributed by atoms with E-state index in [2.05, 4.69) is 58.0 Å². The van der Waals surface area contributed by atoms with Gasteiger partial charge in [-0.05, 0) is 74.4 Å². The van der Waals surface area contributed by atoms with Crippen molar-refractivity contribution in [3.8, 4) is 0 Å². The van der Waals surface area contributed by atoms with E-state index in [4.69, 9.17) is 0 Å². The lowest BCUT2D eigenvalue weighted by Crippen LogP contribution is -2.42. The van der Waals surface area contributed by atoms with Crippen molar-refractivity contribution in [2.45, 2.75) is 72.1 Å². The molecule has 0 spiro atoms. The minimum Gasteiger partial charge on any atom is -0.366 e. The van der Waals surface area contributed by atoms with Crippen LogP contribution in [0.15, 0.2) is 36.4 Å². The summed E-state index contributed by atoms with van der Waals surface area (Å²) in [6.45, 7) is 12.3. The summed E-state index contributed by atoms with van der Waals surface area (Å²) in [6.07, 6.45) is 0.361. The van der Waals surface area contributed by atoms with Gasteiger partial charge in [-0.1, -0.05) is 44.2 Å². The summed E-state index contributed by atoms with van der Waals surface area (Å²) in [5.74, 6) is -0.209. The summed E-state index contributed by atoms with van der Waals surface area (Å²) in [5.41, 5.74) is 6.46. The maximum absolute atomic E-state index is 12.9. The number of aliphatic hydroxyl groups excluding tert-OH is 1. The zero-order chi connectivity index (χ0) is 21.9. The van der Waals surface area contributed by atoms with E-state index in [-0.39, 0.29) is 11.3 Å². The maximum atomic E-state index is 12.9. The molecule has 158 valence electrons. The van der Waals surface area contributed by atoms with Gasteiger partial charge in [-0.15, -0.1) is 0 Å². The molecular weight excluding hydrogens is 362 g/mol. The Hall–Kier alpha value is -2.17. The molecule has 0 bridgehead atoms. The Morgan fingerprint density at radius 1 is 0.931 bits per heavy atom. The Kier molecular flexibility index (Phi) is 7.25. The highest BCUT2D eigenvalue weighted by Gasteiger charge is 2.32. The van der Waals surface area contributed by atoms with Gasteiger partial charge in [0, 0.05) is 18.0 Å². The summed E-state index contributed by atoms with van der Waals surface area (Å²) in [6, 6.07) is 12.1. The number of nitrogens with zero attached hydrogens (tertiary/aromatic N) is 1. The fourth-order valence-electron chi connectivity index (χ4n) is 4.05. The molecule has 0 saturated carbocycles. The molecule has 0 heterocycles. The predicted octanol–water partition coefficient (Wildman–Crippen LogP) is 4.49. The molecule has 0 aliphatic heterocycles. The fourth-order valence-corrected chi connectivity index (χ4v) is 4.05. The van der Waals surface area contributed by atoms with Crippen molar-refractivity contribution in [1.82, 2.24) is 4.90 Å². The number of carbonyl (C=O) groups is 1. The highest BCUT2D eigenvalue weighted by molar-refractivity contribution is 5.95. The number of hydrogen-bond donors (Lipinski definition) is 2. The van der Waals surface area contributed by atoms with Crippen molar-refractivity contribution in [1.29, 1.82) is 0 Å². The second kappa shape index (κ2) is 9.10. The van der Waals surface area contributed by atoms with Crippen molar-refractivity contribution >= 4 is 5.91 Å². The van der Waals surface area contributed by atoms with Crippen molar-refractivity contribution in [2.24, 2.45) is 0 Å². The number of rotatable bonds is 7. The van der Waals surface area contributed by atoms with E-state index in [1.54, 1.807) is 14.0 Å². The molecule has 2 rings (SSSR count). The van der Waals surface area contributed by atoms with Gasteiger partial charge < -0.3 is 15.1 Å². The molecule has 4 heteroatoms. The van der Waals surface area contributed by atoms with Crippen LogP contribution >= 0.6 is 0 Å². The number of likely N-dealkylation sites (N-methyl/N-ethyl adjacent to an activating group) is 1. The first-order valence-electron chi connectivity index (χ1n) is 10.4. The molecule has 0 aromatic heterocycles. The lowest BCUT2D eigenvalue weighted by atomic mass is 9.69. The summed E-state index contributed by atoms with van der Waals surface area (Å²) >= 11 is 0. The first kappa shape index (κ1) is 23.1. The maximum Gasteiger partial charge on any atom is 0.254 e. The van der Waals surface area contributed by atoms with Crippen LogP contribution in [0.25, 0.3) is 0 Å². The first-order chi connectivity index (χ1) is 13.6. The molecule has 1 unspecified atom stereocenters. The third-order valence-electron chi connectivity index (χ3n) is 6.64. The van der Waals surface area contributed by atoms with E-state index in [0.29, 0.717) is 5.56 Å². The van der Waals surface area contributed by atoms with Crippen LogP contribution < -0.4 is 0 Å². The monoisotopic (exact) mass is 397 g/mol. The molecule has 2 N–H and O–H groups in total. The lowest BCUT2D eigenvalue weighted by molar-refractivity contribution is -0.0835. The quantitative estimate of drug-likeness (QED) is 0.677. The molecular formula is C25H35NO3. The van der Waals surface area contributed by atoms with Crippen LogP contribution in [0.1, 0.15) is 71.8 Å². The Morgan fingerprint density at radius 2 is 1.45 bits per heavy atom. The third kappa shape index (κ3) is 4.39. The molecule has 1 amide bonds. The van der Waals surface area contributed by atoms with Gasteiger partial charge >= 0.3 is 0 Å². The van der Waals surface area contributed by atoms with Crippen LogP contribution in [-0.2, 0) is 5.41 Å². The average Bonchev–Trinajstić information content (AvgIpc) is 2.70. The molecule has 0 saturated heterocycles. The second-order valence-electron chi connectivity index (χ2n) is 8.19. The summed E-state index contributed by atoms with van der Waals surface area (Å²) in [7, 11) is 1.59. The van der Waals surface area contributed by atoms with Crippen LogP contribution in [0.3, 0.4) is 0 Å². The smallest absolute Gasteiger partial charge is 0.254 e. The average molecular weight is 398 g/mol. The lowest BCUT2D eigenvalue weighted by Gasteiger charge is -2.34. The van der Waals surface area contributed by atoms with Crippen LogP contribution in [-0.4, -0.2) is 40.4 Å². The number of carbonyl (C=O) groups excluding carboxylic acids is 1. The Balaban J connectivity index is 2.49. The molecule has 1 atom stereocenters. The van der Waals surface area contributed by atoms with Gasteiger partial charge in [-0.2, -0.15) is 0 Å². The molecule has 0 radical (unpaired) electrons. The predicted molar refractivity (Wildman–Crippen MR) is 118 cm³/mol. The van der Waals surface area contributed by atoms with E-state index in [0.717, 1.165) is 18.4 Å². The Bertz CT molecular complexity index is 868. The topological polar surface area (TPSA) is 60.8 Å². The molecule has 2 aromatic rings. The summed E-state index contributed by atoms with van der Waals surface area (Å²) in [4.78, 5) is 14.2. The minimum absolute atomic E-state index is 0.106. The van der Waals surface area contributed by atoms with Gasteiger partial charge in [-0.25, -0.2) is 0 Å². The van der Waals surface area contributed by atoms with Crippen molar-refractivity contribution in [2.75, 3.05) is 7.05 Å². The van der Waals surface area contributed by atoms with Gasteiger partial charge in [0.2, 0.25) is 0 Å². The summed E-state index contributed by atoms with van der Waals surface area (Å²) < 4.78 is 0. The fraction of sp³-hybridized carbons (Fsp3) is 0.480. The van der Waals surface area contributed by atoms with Gasteiger partial charge in [0.15, 0.2) is 6.29 Å². The van der Waals surface area contributed by atoms with Gasteiger partial charge in [0.25, 0.3) is 5.91 Å². The van der Waals surface area contributed by atoms with E-state index >= 15 is 0 Å². The van der Waals surface area contributed by atoms with Crippen molar-refractivity contribution in [3.63, 3.8) is 0 Å². The molecule has 0 fully saturated rings. The molecule has 4 nitrogen and oxygen atoms in total. The second-order valence-corrected chi connectivity index (χ2v) is 8.19. The van der Waals surface area contributed by atoms with Crippen molar-refractivity contribution in [3.05, 3.63) is 69.8 Å². The Labute approximate surface area is 175 Å². The molecule has 29 heavy (non-hydrogen) atoms. The number of benzene rings is 2. The minimum atomic E-state index is -1.57. The normalized spacial score (nSPS) is 12.9. The number of hydrogen-bond acceptors (Lipinski definition) is 3. The molecule has 0 aliphatic carbocycles.